The maximum atomic E-state index is 10.8. The van der Waals surface area contributed by atoms with Crippen LogP contribution in [-0.2, 0) is 4.79 Å². The molecule has 0 saturated carbocycles. The molecule has 0 fully saturated rings. The maximum Gasteiger partial charge on any atom is 0.235 e. The zero-order valence-corrected chi connectivity index (χ0v) is 7.95. The van der Waals surface area contributed by atoms with Gasteiger partial charge in [0.2, 0.25) is 5.91 Å². The molecule has 1 aromatic carbocycles. The molecule has 1 rings (SSSR count). The number of hydrogen-bond donors (Lipinski definition) is 3. The van der Waals surface area contributed by atoms with E-state index in [4.69, 9.17) is 11.5 Å². The summed E-state index contributed by atoms with van der Waals surface area (Å²) in [7, 11) is 0. The van der Waals surface area contributed by atoms with Crippen LogP contribution in [-0.4, -0.2) is 11.9 Å². The van der Waals surface area contributed by atoms with E-state index in [9.17, 15) is 4.79 Å². The van der Waals surface area contributed by atoms with Crippen LogP contribution in [0.4, 0.5) is 0 Å². The molecule has 4 N–H and O–H groups in total. The van der Waals surface area contributed by atoms with Crippen molar-refractivity contribution in [2.75, 3.05) is 0 Å². The third-order valence-corrected chi connectivity index (χ3v) is 2.43. The van der Waals surface area contributed by atoms with Crippen molar-refractivity contribution in [1.82, 2.24) is 0 Å². The molecule has 0 heterocycles. The Morgan fingerprint density at radius 1 is 1.31 bits per heavy atom. The molecule has 1 aromatic rings. The Hall–Kier alpha value is -1.00. The number of rotatable bonds is 3. The molecule has 13 heavy (non-hydrogen) atoms. The number of nitrogens with two attached hydrogens (primary N) is 2. The van der Waals surface area contributed by atoms with Gasteiger partial charge >= 0.3 is 0 Å². The number of benzene rings is 1. The summed E-state index contributed by atoms with van der Waals surface area (Å²) in [6.07, 6.45) is 0. The van der Waals surface area contributed by atoms with Crippen molar-refractivity contribution >= 4 is 18.5 Å². The van der Waals surface area contributed by atoms with E-state index in [1.54, 1.807) is 0 Å². The largest absolute Gasteiger partial charge is 0.368 e. The van der Waals surface area contributed by atoms with Gasteiger partial charge in [-0.2, -0.15) is 12.6 Å². The molecule has 1 unspecified atom stereocenters. The summed E-state index contributed by atoms with van der Waals surface area (Å²) in [6.45, 7) is 0. The van der Waals surface area contributed by atoms with Gasteiger partial charge in [0.1, 0.15) is 0 Å². The smallest absolute Gasteiger partial charge is 0.235 e. The van der Waals surface area contributed by atoms with Gasteiger partial charge in [-0.25, -0.2) is 0 Å². The van der Waals surface area contributed by atoms with Crippen molar-refractivity contribution in [3.63, 3.8) is 0 Å². The third-order valence-electron chi connectivity index (χ3n) is 1.81. The van der Waals surface area contributed by atoms with Crippen LogP contribution in [0.2, 0.25) is 0 Å². The highest BCUT2D eigenvalue weighted by Gasteiger charge is 2.19. The lowest BCUT2D eigenvalue weighted by Gasteiger charge is -2.15. The van der Waals surface area contributed by atoms with Gasteiger partial charge in [-0.05, 0) is 5.56 Å². The minimum absolute atomic E-state index is 0.335. The first-order chi connectivity index (χ1) is 6.13. The zero-order valence-electron chi connectivity index (χ0n) is 7.05. The lowest BCUT2D eigenvalue weighted by molar-refractivity contribution is -0.119. The highest BCUT2D eigenvalue weighted by molar-refractivity contribution is 7.80. The van der Waals surface area contributed by atoms with E-state index in [1.165, 1.54) is 0 Å². The zero-order chi connectivity index (χ0) is 9.84. The monoisotopic (exact) mass is 196 g/mol. The third kappa shape index (κ3) is 2.47. The predicted octanol–water partition coefficient (Wildman–Crippen LogP) is 0.470. The first kappa shape index (κ1) is 10.1. The maximum absolute atomic E-state index is 10.8. The normalized spacial score (nSPS) is 14.9. The highest BCUT2D eigenvalue weighted by atomic mass is 32.1. The van der Waals surface area contributed by atoms with E-state index in [0.717, 1.165) is 5.56 Å². The van der Waals surface area contributed by atoms with Crippen LogP contribution in [0.25, 0.3) is 0 Å². The lowest BCUT2D eigenvalue weighted by atomic mass is 10.1. The molecule has 3 nitrogen and oxygen atoms in total. The van der Waals surface area contributed by atoms with Crippen LogP contribution in [0.1, 0.15) is 10.8 Å². The van der Waals surface area contributed by atoms with Crippen molar-refractivity contribution in [2.24, 2.45) is 11.5 Å². The van der Waals surface area contributed by atoms with Gasteiger partial charge in [-0.3, -0.25) is 4.79 Å². The van der Waals surface area contributed by atoms with Crippen molar-refractivity contribution in [2.45, 2.75) is 11.3 Å². The minimum Gasteiger partial charge on any atom is -0.368 e. The Bertz CT molecular complexity index is 289. The molecule has 0 spiro atoms. The van der Waals surface area contributed by atoms with Gasteiger partial charge in [0.25, 0.3) is 0 Å². The van der Waals surface area contributed by atoms with E-state index in [-0.39, 0.29) is 5.25 Å². The van der Waals surface area contributed by atoms with Gasteiger partial charge in [0.05, 0.1) is 11.3 Å². The number of hydrogen-bond acceptors (Lipinski definition) is 3. The lowest BCUT2D eigenvalue weighted by Crippen LogP contribution is -2.39. The molecule has 0 bridgehead atoms. The number of carbonyl (C=O) groups is 1. The molecule has 4 heteroatoms. The number of primary amides is 1. The Kier molecular flexibility index (Phi) is 3.33. The first-order valence-electron chi connectivity index (χ1n) is 3.91. The Morgan fingerprint density at radius 2 is 1.85 bits per heavy atom. The summed E-state index contributed by atoms with van der Waals surface area (Å²) in [6, 6.07) is 8.60. The van der Waals surface area contributed by atoms with E-state index in [2.05, 4.69) is 12.6 Å². The number of carbonyl (C=O) groups excluding carboxylic acids is 1. The van der Waals surface area contributed by atoms with Crippen molar-refractivity contribution in [1.29, 1.82) is 0 Å². The first-order valence-corrected chi connectivity index (χ1v) is 4.42. The molecular weight excluding hydrogens is 184 g/mol. The van der Waals surface area contributed by atoms with E-state index in [1.807, 2.05) is 30.3 Å². The number of thiol groups is 1. The fourth-order valence-electron chi connectivity index (χ4n) is 1.01. The van der Waals surface area contributed by atoms with Crippen molar-refractivity contribution < 1.29 is 4.79 Å². The van der Waals surface area contributed by atoms with Gasteiger partial charge < -0.3 is 11.5 Å². The molecule has 0 aromatic heterocycles. The predicted molar refractivity (Wildman–Crippen MR) is 55.3 cm³/mol. The van der Waals surface area contributed by atoms with Gasteiger partial charge in [-0.1, -0.05) is 30.3 Å². The molecule has 0 aliphatic rings. The summed E-state index contributed by atoms with van der Waals surface area (Å²) in [5.74, 6) is -0.538. The molecule has 0 radical (unpaired) electrons. The molecule has 0 saturated heterocycles. The van der Waals surface area contributed by atoms with Crippen molar-refractivity contribution in [3.8, 4) is 0 Å². The van der Waals surface area contributed by atoms with Gasteiger partial charge in [0.15, 0.2) is 0 Å². The second kappa shape index (κ2) is 4.30. The van der Waals surface area contributed by atoms with Crippen LogP contribution in [0.15, 0.2) is 30.3 Å². The van der Waals surface area contributed by atoms with Crippen molar-refractivity contribution in [3.05, 3.63) is 35.9 Å². The molecule has 0 aliphatic carbocycles. The minimum atomic E-state index is -0.745. The summed E-state index contributed by atoms with van der Waals surface area (Å²) in [5, 5.41) is -0.335. The highest BCUT2D eigenvalue weighted by Crippen LogP contribution is 2.21. The average molecular weight is 196 g/mol. The molecular formula is C9H12N2OS. The topological polar surface area (TPSA) is 69.1 Å². The van der Waals surface area contributed by atoms with Crippen LogP contribution in [0.5, 0.6) is 0 Å². The van der Waals surface area contributed by atoms with E-state index >= 15 is 0 Å². The average Bonchev–Trinajstić information content (AvgIpc) is 2.17. The second-order valence-corrected chi connectivity index (χ2v) is 3.34. The van der Waals surface area contributed by atoms with Crippen LogP contribution >= 0.6 is 12.6 Å². The summed E-state index contributed by atoms with van der Waals surface area (Å²) in [4.78, 5) is 10.8. The fourth-order valence-corrected chi connectivity index (χ4v) is 1.33. The Labute approximate surface area is 82.5 Å². The van der Waals surface area contributed by atoms with Crippen LogP contribution < -0.4 is 11.5 Å². The van der Waals surface area contributed by atoms with Gasteiger partial charge in [-0.15, -0.1) is 0 Å². The molecule has 1 amide bonds. The summed E-state index contributed by atoms with van der Waals surface area (Å²) in [5.41, 5.74) is 11.5. The van der Waals surface area contributed by atoms with Gasteiger partial charge in [0, 0.05) is 0 Å². The second-order valence-electron chi connectivity index (χ2n) is 2.78. The van der Waals surface area contributed by atoms with E-state index in [0.29, 0.717) is 0 Å². The molecule has 2 atom stereocenters. The summed E-state index contributed by atoms with van der Waals surface area (Å²) >= 11 is 4.23. The standard InChI is InChI=1S/C9H12N2OS/c10-7(9(11)12)8(13)6-4-2-1-3-5-6/h1-5,7-8,13H,10H2,(H2,11,12)/t7?,8-/m0/s1. The Morgan fingerprint density at radius 3 is 2.31 bits per heavy atom. The molecule has 70 valence electrons. The quantitative estimate of drug-likeness (QED) is 0.615. The summed E-state index contributed by atoms with van der Waals surface area (Å²) < 4.78 is 0. The number of amides is 1. The van der Waals surface area contributed by atoms with E-state index < -0.39 is 11.9 Å². The van der Waals surface area contributed by atoms with Crippen LogP contribution in [0, 0.1) is 0 Å². The fraction of sp³-hybridized carbons (Fsp3) is 0.222. The SMILES string of the molecule is NC(=O)C(N)[C@@H](S)c1ccccc1. The van der Waals surface area contributed by atoms with Crippen LogP contribution in [0.3, 0.4) is 0 Å². The molecule has 0 aliphatic heterocycles. The Balaban J connectivity index is 2.79.